The van der Waals surface area contributed by atoms with E-state index in [0.717, 1.165) is 33.0 Å². The molecule has 1 amide bonds. The van der Waals surface area contributed by atoms with Gasteiger partial charge in [-0.1, -0.05) is 84.9 Å². The zero-order valence-corrected chi connectivity index (χ0v) is 19.8. The van der Waals surface area contributed by atoms with Crippen molar-refractivity contribution in [2.24, 2.45) is 0 Å². The number of carbonyl (C=O) groups excluding carboxylic acids is 1. The van der Waals surface area contributed by atoms with Crippen molar-refractivity contribution in [3.8, 4) is 33.0 Å². The second-order valence-corrected chi connectivity index (χ2v) is 8.88. The molecule has 2 heterocycles. The lowest BCUT2D eigenvalue weighted by molar-refractivity contribution is 0.0949. The van der Waals surface area contributed by atoms with Gasteiger partial charge in [-0.2, -0.15) is 5.10 Å². The van der Waals surface area contributed by atoms with Gasteiger partial charge in [-0.05, 0) is 18.1 Å². The Morgan fingerprint density at radius 3 is 2.29 bits per heavy atom. The summed E-state index contributed by atoms with van der Waals surface area (Å²) in [7, 11) is 0. The zero-order chi connectivity index (χ0) is 24.2. The molecule has 0 atom stereocenters. The molecule has 0 unspecified atom stereocenters. The number of nitrogens with zero attached hydrogens (tertiary/aromatic N) is 2. The molecule has 0 saturated heterocycles. The summed E-state index contributed by atoms with van der Waals surface area (Å²) in [6, 6.07) is 26.9. The highest BCUT2D eigenvalue weighted by Crippen LogP contribution is 2.31. The lowest BCUT2D eigenvalue weighted by Gasteiger charge is -2.13. The van der Waals surface area contributed by atoms with Crippen LogP contribution in [0.25, 0.3) is 33.0 Å². The molecule has 0 radical (unpaired) electrons. The summed E-state index contributed by atoms with van der Waals surface area (Å²) in [6.07, 6.45) is 0. The summed E-state index contributed by atoms with van der Waals surface area (Å²) in [4.78, 5) is 30.9. The summed E-state index contributed by atoms with van der Waals surface area (Å²) in [5, 5.41) is 12.5. The molecule has 7 heteroatoms. The number of amides is 1. The number of aromatic amines is 1. The number of carbonyl (C=O) groups is 1. The van der Waals surface area contributed by atoms with Crippen LogP contribution in [0.5, 0.6) is 0 Å². The molecule has 0 fully saturated rings. The van der Waals surface area contributed by atoms with Gasteiger partial charge in [0.2, 0.25) is 0 Å². The van der Waals surface area contributed by atoms with Crippen LogP contribution < -0.4 is 10.9 Å². The van der Waals surface area contributed by atoms with Crippen LogP contribution in [0.4, 0.5) is 0 Å². The summed E-state index contributed by atoms with van der Waals surface area (Å²) < 4.78 is 0. The number of aromatic nitrogens is 3. The van der Waals surface area contributed by atoms with Crippen molar-refractivity contribution >= 4 is 17.2 Å². The third-order valence-electron chi connectivity index (χ3n) is 5.68. The van der Waals surface area contributed by atoms with E-state index in [1.54, 1.807) is 0 Å². The lowest BCUT2D eigenvalue weighted by Crippen LogP contribution is -2.31. The zero-order valence-electron chi connectivity index (χ0n) is 19.0. The topological polar surface area (TPSA) is 87.7 Å². The van der Waals surface area contributed by atoms with E-state index in [1.807, 2.05) is 97.2 Å². The second-order valence-electron chi connectivity index (χ2n) is 8.02. The summed E-state index contributed by atoms with van der Waals surface area (Å²) in [5.74, 6) is -0.477. The highest BCUT2D eigenvalue weighted by atomic mass is 32.1. The van der Waals surface area contributed by atoms with Gasteiger partial charge in [0.05, 0.1) is 17.9 Å². The summed E-state index contributed by atoms with van der Waals surface area (Å²) >= 11 is 1.53. The number of hydrogen-bond acceptors (Lipinski definition) is 5. The molecule has 0 bridgehead atoms. The molecule has 172 valence electrons. The minimum atomic E-state index is -0.542. The van der Waals surface area contributed by atoms with E-state index >= 15 is 0 Å². The van der Waals surface area contributed by atoms with Crippen molar-refractivity contribution < 1.29 is 4.79 Å². The van der Waals surface area contributed by atoms with Gasteiger partial charge >= 0.3 is 0 Å². The third kappa shape index (κ3) is 4.67. The van der Waals surface area contributed by atoms with Gasteiger partial charge in [0.15, 0.2) is 0 Å². The van der Waals surface area contributed by atoms with E-state index in [9.17, 15) is 9.59 Å². The SMILES string of the molecule is Cc1ccccc1-c1nc(CNC(=O)c2c(-c3ccccc3)c(-c3ccccc3)n[nH]c2=O)cs1. The van der Waals surface area contributed by atoms with Gasteiger partial charge in [-0.3, -0.25) is 9.59 Å². The van der Waals surface area contributed by atoms with Gasteiger partial charge in [0.1, 0.15) is 10.6 Å². The Bertz CT molecular complexity index is 1540. The van der Waals surface area contributed by atoms with Crippen LogP contribution in [0.15, 0.2) is 95.1 Å². The first-order valence-electron chi connectivity index (χ1n) is 11.1. The van der Waals surface area contributed by atoms with Crippen LogP contribution in [0.2, 0.25) is 0 Å². The van der Waals surface area contributed by atoms with Gasteiger partial charge in [-0.25, -0.2) is 10.1 Å². The average Bonchev–Trinajstić information content (AvgIpc) is 3.37. The van der Waals surface area contributed by atoms with Crippen LogP contribution in [0.3, 0.4) is 0 Å². The predicted molar refractivity (Wildman–Crippen MR) is 139 cm³/mol. The van der Waals surface area contributed by atoms with E-state index in [-0.39, 0.29) is 12.1 Å². The Morgan fingerprint density at radius 2 is 1.57 bits per heavy atom. The number of rotatable bonds is 6. The molecule has 2 N–H and O–H groups in total. The molecule has 3 aromatic carbocycles. The number of hydrogen-bond donors (Lipinski definition) is 2. The Hall–Kier alpha value is -4.36. The monoisotopic (exact) mass is 478 g/mol. The van der Waals surface area contributed by atoms with Crippen LogP contribution in [0.1, 0.15) is 21.6 Å². The van der Waals surface area contributed by atoms with Crippen LogP contribution in [-0.2, 0) is 6.54 Å². The van der Waals surface area contributed by atoms with Crippen LogP contribution >= 0.6 is 11.3 Å². The fraction of sp³-hybridized carbons (Fsp3) is 0.0714. The molecule has 0 aliphatic carbocycles. The fourth-order valence-corrected chi connectivity index (χ4v) is 4.85. The number of nitrogens with one attached hydrogen (secondary N) is 2. The molecule has 0 aliphatic heterocycles. The molecule has 0 saturated carbocycles. The summed E-state index contributed by atoms with van der Waals surface area (Å²) in [5.41, 5.74) is 5.01. The third-order valence-corrected chi connectivity index (χ3v) is 6.60. The molecular weight excluding hydrogens is 456 g/mol. The van der Waals surface area contributed by atoms with E-state index < -0.39 is 11.5 Å². The average molecular weight is 479 g/mol. The van der Waals surface area contributed by atoms with Crippen LogP contribution in [-0.4, -0.2) is 21.1 Å². The molecule has 0 aliphatic rings. The Kier molecular flexibility index (Phi) is 6.32. The Morgan fingerprint density at radius 1 is 0.914 bits per heavy atom. The molecule has 35 heavy (non-hydrogen) atoms. The Labute approximate surface area is 206 Å². The quantitative estimate of drug-likeness (QED) is 0.339. The standard InChI is InChI=1S/C28H22N4O2S/c1-18-10-8-9-15-22(18)28-30-21(17-35-28)16-29-26(33)24-23(19-11-4-2-5-12-19)25(31-32-27(24)34)20-13-6-3-7-14-20/h2-15,17H,16H2,1H3,(H,29,33)(H,32,34). The highest BCUT2D eigenvalue weighted by molar-refractivity contribution is 7.13. The molecule has 5 aromatic rings. The molecule has 2 aromatic heterocycles. The number of aryl methyl sites for hydroxylation is 1. The largest absolute Gasteiger partial charge is 0.346 e. The van der Waals surface area contributed by atoms with Gasteiger partial charge < -0.3 is 5.32 Å². The first kappa shape index (κ1) is 22.4. The minimum Gasteiger partial charge on any atom is -0.346 e. The molecule has 5 rings (SSSR count). The summed E-state index contributed by atoms with van der Waals surface area (Å²) in [6.45, 7) is 2.25. The maximum absolute atomic E-state index is 13.4. The van der Waals surface area contributed by atoms with Crippen molar-refractivity contribution in [2.75, 3.05) is 0 Å². The van der Waals surface area contributed by atoms with E-state index in [1.165, 1.54) is 11.3 Å². The van der Waals surface area contributed by atoms with Crippen molar-refractivity contribution in [3.63, 3.8) is 0 Å². The molecule has 0 spiro atoms. The predicted octanol–water partition coefficient (Wildman–Crippen LogP) is 5.47. The smallest absolute Gasteiger partial charge is 0.277 e. The number of benzene rings is 3. The molecular formula is C28H22N4O2S. The fourth-order valence-electron chi connectivity index (χ4n) is 3.94. The normalized spacial score (nSPS) is 10.8. The Balaban J connectivity index is 1.49. The number of H-pyrrole nitrogens is 1. The van der Waals surface area contributed by atoms with Gasteiger partial charge in [0, 0.05) is 22.1 Å². The van der Waals surface area contributed by atoms with Crippen molar-refractivity contribution in [1.29, 1.82) is 0 Å². The maximum atomic E-state index is 13.4. The first-order valence-corrected chi connectivity index (χ1v) is 12.0. The van der Waals surface area contributed by atoms with Crippen LogP contribution in [0, 0.1) is 6.92 Å². The first-order chi connectivity index (χ1) is 17.1. The van der Waals surface area contributed by atoms with Crippen molar-refractivity contribution in [2.45, 2.75) is 13.5 Å². The molecule has 6 nitrogen and oxygen atoms in total. The van der Waals surface area contributed by atoms with E-state index in [2.05, 4.69) is 20.5 Å². The number of thiazole rings is 1. The van der Waals surface area contributed by atoms with Crippen molar-refractivity contribution in [1.82, 2.24) is 20.5 Å². The second kappa shape index (κ2) is 9.87. The van der Waals surface area contributed by atoms with Gasteiger partial charge in [-0.15, -0.1) is 11.3 Å². The highest BCUT2D eigenvalue weighted by Gasteiger charge is 2.23. The maximum Gasteiger partial charge on any atom is 0.277 e. The van der Waals surface area contributed by atoms with Gasteiger partial charge in [0.25, 0.3) is 11.5 Å². The van der Waals surface area contributed by atoms with Crippen molar-refractivity contribution in [3.05, 3.63) is 117 Å². The van der Waals surface area contributed by atoms with E-state index in [4.69, 9.17) is 0 Å². The van der Waals surface area contributed by atoms with E-state index in [0.29, 0.717) is 11.3 Å². The minimum absolute atomic E-state index is 0.0272. The lowest BCUT2D eigenvalue weighted by atomic mass is 9.95.